The van der Waals surface area contributed by atoms with E-state index in [1.54, 1.807) is 6.92 Å². The number of hydrogen-bond acceptors (Lipinski definition) is 4. The van der Waals surface area contributed by atoms with Gasteiger partial charge in [0.15, 0.2) is 6.10 Å². The summed E-state index contributed by atoms with van der Waals surface area (Å²) in [6, 6.07) is 7.77. The molecule has 1 aliphatic rings. The minimum absolute atomic E-state index is 0.314. The van der Waals surface area contributed by atoms with Crippen molar-refractivity contribution in [3.8, 4) is 0 Å². The molecule has 3 rings (SSSR count). The smallest absolute Gasteiger partial charge is 0.349 e. The van der Waals surface area contributed by atoms with Gasteiger partial charge in [-0.15, -0.1) is 11.3 Å². The number of esters is 1. The zero-order valence-corrected chi connectivity index (χ0v) is 16.5. The molecule has 0 aliphatic heterocycles. The molecule has 1 amide bonds. The molecule has 1 aliphatic carbocycles. The van der Waals surface area contributed by atoms with Gasteiger partial charge in [0, 0.05) is 10.6 Å². The van der Waals surface area contributed by atoms with Gasteiger partial charge in [-0.25, -0.2) is 4.79 Å². The summed E-state index contributed by atoms with van der Waals surface area (Å²) in [7, 11) is 0. The number of anilines is 1. The molecule has 1 aromatic heterocycles. The largest absolute Gasteiger partial charge is 0.448 e. The van der Waals surface area contributed by atoms with Crippen LogP contribution in [0.4, 0.5) is 5.69 Å². The van der Waals surface area contributed by atoms with Crippen LogP contribution in [-0.2, 0) is 22.4 Å². The Morgan fingerprint density at radius 2 is 1.96 bits per heavy atom. The molecule has 0 saturated carbocycles. The van der Waals surface area contributed by atoms with Crippen molar-refractivity contribution < 1.29 is 14.3 Å². The normalized spacial score (nSPS) is 17.3. The molecule has 0 saturated heterocycles. The van der Waals surface area contributed by atoms with Crippen LogP contribution in [0.3, 0.4) is 0 Å². The fraction of sp³-hybridized carbons (Fsp3) is 0.429. The number of hydrogen-bond donors (Lipinski definition) is 1. The Balaban J connectivity index is 1.65. The summed E-state index contributed by atoms with van der Waals surface area (Å²) >= 11 is 1.50. The summed E-state index contributed by atoms with van der Waals surface area (Å²) in [4.78, 5) is 26.8. The van der Waals surface area contributed by atoms with Crippen molar-refractivity contribution in [2.24, 2.45) is 5.92 Å². The molecule has 2 atom stereocenters. The number of thiophene rings is 1. The molecule has 5 heteroatoms. The van der Waals surface area contributed by atoms with Crippen molar-refractivity contribution in [3.05, 3.63) is 50.7 Å². The molecule has 0 radical (unpaired) electrons. The minimum atomic E-state index is -0.848. The number of fused-ring (bicyclic) bond motifs is 1. The van der Waals surface area contributed by atoms with E-state index in [4.69, 9.17) is 4.74 Å². The van der Waals surface area contributed by atoms with E-state index < -0.39 is 12.1 Å². The first-order valence-electron chi connectivity index (χ1n) is 9.04. The van der Waals surface area contributed by atoms with Crippen molar-refractivity contribution in [2.75, 3.05) is 5.32 Å². The predicted molar refractivity (Wildman–Crippen MR) is 105 cm³/mol. The Labute approximate surface area is 158 Å². The second-order valence-corrected chi connectivity index (χ2v) is 8.35. The molecule has 1 aromatic carbocycles. The highest BCUT2D eigenvalue weighted by Crippen LogP contribution is 2.32. The number of carbonyl (C=O) groups is 2. The van der Waals surface area contributed by atoms with E-state index in [0.29, 0.717) is 10.8 Å². The van der Waals surface area contributed by atoms with Gasteiger partial charge >= 0.3 is 5.97 Å². The van der Waals surface area contributed by atoms with Crippen LogP contribution in [-0.4, -0.2) is 18.0 Å². The lowest BCUT2D eigenvalue weighted by molar-refractivity contribution is -0.123. The van der Waals surface area contributed by atoms with E-state index in [0.717, 1.165) is 36.1 Å². The summed E-state index contributed by atoms with van der Waals surface area (Å²) in [6.07, 6.45) is 2.36. The maximum absolute atomic E-state index is 12.5. The number of nitrogens with one attached hydrogen (secondary N) is 1. The molecule has 1 heterocycles. The number of amides is 1. The minimum Gasteiger partial charge on any atom is -0.448 e. The number of aryl methyl sites for hydroxylation is 3. The third kappa shape index (κ3) is 3.98. The standard InChI is InChI=1S/C21H25NO3S/c1-12-8-9-17-16(10-12)11-18(26-17)21(24)25-15(4)20(23)22-19-13(2)6-5-7-14(19)3/h5-7,11-12,15H,8-10H2,1-4H3,(H,22,23)/t12-,15-/m1/s1. The first kappa shape index (κ1) is 18.6. The van der Waals surface area contributed by atoms with Crippen LogP contribution in [0, 0.1) is 19.8 Å². The van der Waals surface area contributed by atoms with Crippen molar-refractivity contribution in [1.82, 2.24) is 0 Å². The number of ether oxygens (including phenoxy) is 1. The fourth-order valence-corrected chi connectivity index (χ4v) is 4.41. The van der Waals surface area contributed by atoms with E-state index >= 15 is 0 Å². The van der Waals surface area contributed by atoms with Crippen LogP contribution in [0.2, 0.25) is 0 Å². The Bertz CT molecular complexity index is 820. The zero-order chi connectivity index (χ0) is 18.8. The van der Waals surface area contributed by atoms with Crippen LogP contribution in [0.1, 0.15) is 51.5 Å². The van der Waals surface area contributed by atoms with E-state index in [-0.39, 0.29) is 5.91 Å². The summed E-state index contributed by atoms with van der Waals surface area (Å²) in [6.45, 7) is 7.72. The van der Waals surface area contributed by atoms with Crippen LogP contribution in [0.15, 0.2) is 24.3 Å². The Morgan fingerprint density at radius 1 is 1.27 bits per heavy atom. The van der Waals surface area contributed by atoms with Gasteiger partial charge in [0.25, 0.3) is 5.91 Å². The lowest BCUT2D eigenvalue weighted by Gasteiger charge is -2.16. The van der Waals surface area contributed by atoms with Gasteiger partial charge in [-0.2, -0.15) is 0 Å². The van der Waals surface area contributed by atoms with Crippen LogP contribution in [0.25, 0.3) is 0 Å². The number of benzene rings is 1. The van der Waals surface area contributed by atoms with Gasteiger partial charge < -0.3 is 10.1 Å². The molecule has 26 heavy (non-hydrogen) atoms. The van der Waals surface area contributed by atoms with Crippen LogP contribution < -0.4 is 5.32 Å². The highest BCUT2D eigenvalue weighted by atomic mass is 32.1. The lowest BCUT2D eigenvalue weighted by Crippen LogP contribution is -2.30. The molecular formula is C21H25NO3S. The number of carbonyl (C=O) groups excluding carboxylic acids is 2. The quantitative estimate of drug-likeness (QED) is 0.795. The average molecular weight is 372 g/mol. The summed E-state index contributed by atoms with van der Waals surface area (Å²) in [5.41, 5.74) is 4.00. The molecule has 0 fully saturated rings. The zero-order valence-electron chi connectivity index (χ0n) is 15.7. The molecule has 0 unspecified atom stereocenters. The van der Waals surface area contributed by atoms with Gasteiger partial charge in [-0.1, -0.05) is 25.1 Å². The lowest BCUT2D eigenvalue weighted by atomic mass is 9.90. The number of rotatable bonds is 4. The predicted octanol–water partition coefficient (Wildman–Crippen LogP) is 4.67. The molecular weight excluding hydrogens is 346 g/mol. The third-order valence-corrected chi connectivity index (χ3v) is 6.13. The van der Waals surface area contributed by atoms with Crippen LogP contribution in [0.5, 0.6) is 0 Å². The Morgan fingerprint density at radius 3 is 2.65 bits per heavy atom. The second-order valence-electron chi connectivity index (χ2n) is 7.21. The van der Waals surface area contributed by atoms with Gasteiger partial charge in [0.2, 0.25) is 0 Å². The van der Waals surface area contributed by atoms with Gasteiger partial charge in [-0.05, 0) is 68.7 Å². The summed E-state index contributed by atoms with van der Waals surface area (Å²) in [5.74, 6) is -0.0741. The monoisotopic (exact) mass is 371 g/mol. The van der Waals surface area contributed by atoms with E-state index in [9.17, 15) is 9.59 Å². The third-order valence-electron chi connectivity index (χ3n) is 4.91. The summed E-state index contributed by atoms with van der Waals surface area (Å²) < 4.78 is 5.41. The molecule has 1 N–H and O–H groups in total. The molecule has 0 bridgehead atoms. The average Bonchev–Trinajstić information content (AvgIpc) is 3.01. The Kier molecular flexibility index (Phi) is 5.47. The van der Waals surface area contributed by atoms with Gasteiger partial charge in [0.1, 0.15) is 4.88 Å². The number of para-hydroxylation sites is 1. The molecule has 138 valence electrons. The molecule has 4 nitrogen and oxygen atoms in total. The van der Waals surface area contributed by atoms with Crippen molar-refractivity contribution >= 4 is 28.9 Å². The van der Waals surface area contributed by atoms with Gasteiger partial charge in [-0.3, -0.25) is 4.79 Å². The van der Waals surface area contributed by atoms with Crippen LogP contribution >= 0.6 is 11.3 Å². The highest BCUT2D eigenvalue weighted by molar-refractivity contribution is 7.14. The van der Waals surface area contributed by atoms with Crippen molar-refractivity contribution in [2.45, 2.75) is 53.1 Å². The van der Waals surface area contributed by atoms with Crippen molar-refractivity contribution in [1.29, 1.82) is 0 Å². The first-order valence-corrected chi connectivity index (χ1v) is 9.86. The SMILES string of the molecule is Cc1cccc(C)c1NC(=O)[C@@H](C)OC(=O)c1cc2c(s1)CC[C@@H](C)C2. The maximum Gasteiger partial charge on any atom is 0.349 e. The highest BCUT2D eigenvalue weighted by Gasteiger charge is 2.24. The molecule has 2 aromatic rings. The fourth-order valence-electron chi connectivity index (χ4n) is 3.32. The van der Waals surface area contributed by atoms with Crippen molar-refractivity contribution in [3.63, 3.8) is 0 Å². The first-order chi connectivity index (χ1) is 12.3. The van der Waals surface area contributed by atoms with E-state index in [1.807, 2.05) is 38.1 Å². The maximum atomic E-state index is 12.5. The second kappa shape index (κ2) is 7.62. The van der Waals surface area contributed by atoms with Gasteiger partial charge in [0.05, 0.1) is 0 Å². The topological polar surface area (TPSA) is 55.4 Å². The Hall–Kier alpha value is -2.14. The van der Waals surface area contributed by atoms with E-state index in [2.05, 4.69) is 12.2 Å². The summed E-state index contributed by atoms with van der Waals surface area (Å²) in [5, 5.41) is 2.88. The molecule has 0 spiro atoms. The van der Waals surface area contributed by atoms with E-state index in [1.165, 1.54) is 21.8 Å².